The predicted octanol–water partition coefficient (Wildman–Crippen LogP) is 2.35. The van der Waals surface area contributed by atoms with Crippen molar-refractivity contribution >= 4 is 11.8 Å². The summed E-state index contributed by atoms with van der Waals surface area (Å²) in [7, 11) is 1.97. The molecule has 1 amide bonds. The van der Waals surface area contributed by atoms with Crippen LogP contribution in [0.3, 0.4) is 0 Å². The average molecular weight is 331 g/mol. The number of hydrogen-bond acceptors (Lipinski definition) is 5. The number of aryl methyl sites for hydroxylation is 1. The maximum Gasteiger partial charge on any atom is 0.240 e. The summed E-state index contributed by atoms with van der Waals surface area (Å²) >= 11 is 0. The molecule has 1 aliphatic rings. The topological polar surface area (TPSA) is 76.2 Å². The zero-order chi connectivity index (χ0) is 17.1. The van der Waals surface area contributed by atoms with Gasteiger partial charge in [-0.15, -0.1) is 0 Å². The van der Waals surface area contributed by atoms with Gasteiger partial charge in [-0.2, -0.15) is 5.10 Å². The van der Waals surface area contributed by atoms with Crippen LogP contribution in [0.25, 0.3) is 0 Å². The van der Waals surface area contributed by atoms with E-state index < -0.39 is 0 Å². The number of aromatic nitrogens is 3. The van der Waals surface area contributed by atoms with Crippen molar-refractivity contribution in [2.24, 2.45) is 7.05 Å². The van der Waals surface area contributed by atoms with Crippen LogP contribution in [0.15, 0.2) is 22.9 Å². The van der Waals surface area contributed by atoms with Crippen LogP contribution in [0.5, 0.6) is 0 Å². The van der Waals surface area contributed by atoms with Crippen molar-refractivity contribution in [1.29, 1.82) is 0 Å². The molecule has 0 saturated carbocycles. The zero-order valence-corrected chi connectivity index (χ0v) is 14.5. The Hall–Kier alpha value is -2.15. The molecule has 0 aromatic carbocycles. The molecule has 1 N–H and O–H groups in total. The first kappa shape index (κ1) is 16.7. The Balaban J connectivity index is 1.55. The van der Waals surface area contributed by atoms with Gasteiger partial charge in [0.05, 0.1) is 12.2 Å². The molecule has 1 atom stereocenters. The minimum atomic E-state index is -0.0629. The van der Waals surface area contributed by atoms with Gasteiger partial charge in [0.15, 0.2) is 0 Å². The molecule has 130 valence electrons. The van der Waals surface area contributed by atoms with E-state index in [1.807, 2.05) is 31.8 Å². The first-order valence-electron chi connectivity index (χ1n) is 8.49. The molecule has 0 spiro atoms. The average Bonchev–Trinajstić information content (AvgIpc) is 3.16. The Morgan fingerprint density at radius 3 is 3.00 bits per heavy atom. The van der Waals surface area contributed by atoms with E-state index in [0.717, 1.165) is 31.6 Å². The molecule has 1 saturated heterocycles. The number of anilines is 1. The van der Waals surface area contributed by atoms with Crippen molar-refractivity contribution in [3.05, 3.63) is 29.7 Å². The van der Waals surface area contributed by atoms with Crippen LogP contribution < -0.4 is 5.32 Å². The molecule has 0 aliphatic carbocycles. The smallest absolute Gasteiger partial charge is 0.240 e. The Labute approximate surface area is 142 Å². The highest BCUT2D eigenvalue weighted by molar-refractivity contribution is 5.91. The number of nitrogens with one attached hydrogen (secondary N) is 1. The zero-order valence-electron chi connectivity index (χ0n) is 14.5. The molecule has 24 heavy (non-hydrogen) atoms. The lowest BCUT2D eigenvalue weighted by atomic mass is 9.94. The Morgan fingerprint density at radius 1 is 1.50 bits per heavy atom. The number of nitrogens with zero attached hydrogens (tertiary/aromatic N) is 4. The second kappa shape index (κ2) is 7.17. The third-order valence-corrected chi connectivity index (χ3v) is 4.53. The third-order valence-electron chi connectivity index (χ3n) is 4.53. The molecule has 3 heterocycles. The highest BCUT2D eigenvalue weighted by atomic mass is 16.5. The van der Waals surface area contributed by atoms with Crippen LogP contribution in [0, 0.1) is 0 Å². The van der Waals surface area contributed by atoms with Gasteiger partial charge in [0.25, 0.3) is 0 Å². The van der Waals surface area contributed by atoms with E-state index in [-0.39, 0.29) is 11.8 Å². The van der Waals surface area contributed by atoms with Gasteiger partial charge < -0.3 is 4.52 Å². The SMILES string of the molecule is CC(C)c1cc(NC(=O)CN2CCC[C@@H](c3ccnn3C)C2)on1. The van der Waals surface area contributed by atoms with Crippen molar-refractivity contribution in [1.82, 2.24) is 19.8 Å². The van der Waals surface area contributed by atoms with Crippen LogP contribution in [0.1, 0.15) is 49.9 Å². The standard InChI is InChI=1S/C17H25N5O2/c1-12(2)14-9-17(24-20-14)19-16(23)11-22-8-4-5-13(10-22)15-6-7-18-21(15)3/h6-7,9,12-13H,4-5,8,10-11H2,1-3H3,(H,19,23)/t13-/m1/s1. The van der Waals surface area contributed by atoms with E-state index in [4.69, 9.17) is 4.52 Å². The quantitative estimate of drug-likeness (QED) is 0.910. The fraction of sp³-hybridized carbons (Fsp3) is 0.588. The number of hydrogen-bond donors (Lipinski definition) is 1. The molecule has 0 bridgehead atoms. The van der Waals surface area contributed by atoms with E-state index in [9.17, 15) is 4.79 Å². The second-order valence-electron chi connectivity index (χ2n) is 6.77. The lowest BCUT2D eigenvalue weighted by Crippen LogP contribution is -2.40. The van der Waals surface area contributed by atoms with E-state index in [2.05, 4.69) is 26.5 Å². The van der Waals surface area contributed by atoms with Crippen molar-refractivity contribution < 1.29 is 9.32 Å². The van der Waals surface area contributed by atoms with Crippen LogP contribution in [0.4, 0.5) is 5.88 Å². The van der Waals surface area contributed by atoms with Crippen molar-refractivity contribution in [2.45, 2.75) is 38.5 Å². The lowest BCUT2D eigenvalue weighted by Gasteiger charge is -2.32. The van der Waals surface area contributed by atoms with Crippen LogP contribution in [0.2, 0.25) is 0 Å². The Morgan fingerprint density at radius 2 is 2.33 bits per heavy atom. The molecule has 2 aromatic rings. The molecule has 0 radical (unpaired) electrons. The summed E-state index contributed by atoms with van der Waals surface area (Å²) in [6.07, 6.45) is 4.05. The summed E-state index contributed by atoms with van der Waals surface area (Å²) in [6.45, 7) is 6.26. The van der Waals surface area contributed by atoms with Gasteiger partial charge in [0, 0.05) is 37.5 Å². The first-order chi connectivity index (χ1) is 11.5. The van der Waals surface area contributed by atoms with Gasteiger partial charge >= 0.3 is 0 Å². The van der Waals surface area contributed by atoms with E-state index in [1.165, 1.54) is 5.69 Å². The molecule has 1 fully saturated rings. The van der Waals surface area contributed by atoms with Gasteiger partial charge in [-0.3, -0.25) is 19.7 Å². The molecule has 3 rings (SSSR count). The number of likely N-dealkylation sites (tertiary alicyclic amines) is 1. The van der Waals surface area contributed by atoms with E-state index >= 15 is 0 Å². The highest BCUT2D eigenvalue weighted by Crippen LogP contribution is 2.26. The van der Waals surface area contributed by atoms with Gasteiger partial charge in [-0.1, -0.05) is 19.0 Å². The Kier molecular flexibility index (Phi) is 4.99. The van der Waals surface area contributed by atoms with Gasteiger partial charge in [0.2, 0.25) is 11.8 Å². The monoisotopic (exact) mass is 331 g/mol. The number of piperidine rings is 1. The summed E-state index contributed by atoms with van der Waals surface area (Å²) in [5.41, 5.74) is 2.08. The lowest BCUT2D eigenvalue weighted by molar-refractivity contribution is -0.117. The molecule has 0 unspecified atom stereocenters. The summed E-state index contributed by atoms with van der Waals surface area (Å²) in [6, 6.07) is 3.85. The van der Waals surface area contributed by atoms with Gasteiger partial charge in [-0.05, 0) is 31.4 Å². The van der Waals surface area contributed by atoms with Gasteiger partial charge in [-0.25, -0.2) is 0 Å². The third kappa shape index (κ3) is 3.84. The van der Waals surface area contributed by atoms with Gasteiger partial charge in [0.1, 0.15) is 0 Å². The Bertz CT molecular complexity index is 691. The maximum atomic E-state index is 12.3. The minimum Gasteiger partial charge on any atom is -0.338 e. The maximum absolute atomic E-state index is 12.3. The fourth-order valence-corrected chi connectivity index (χ4v) is 3.23. The second-order valence-corrected chi connectivity index (χ2v) is 6.77. The van der Waals surface area contributed by atoms with E-state index in [0.29, 0.717) is 18.3 Å². The summed E-state index contributed by atoms with van der Waals surface area (Å²) in [5, 5.41) is 11.0. The van der Waals surface area contributed by atoms with E-state index in [1.54, 1.807) is 6.07 Å². The fourth-order valence-electron chi connectivity index (χ4n) is 3.23. The van der Waals surface area contributed by atoms with Crippen LogP contribution >= 0.6 is 0 Å². The number of rotatable bonds is 5. The summed E-state index contributed by atoms with van der Waals surface area (Å²) in [5.74, 6) is 1.06. The van der Waals surface area contributed by atoms with Crippen molar-refractivity contribution in [2.75, 3.05) is 25.0 Å². The minimum absolute atomic E-state index is 0.0629. The number of carbonyl (C=O) groups is 1. The molecular formula is C17H25N5O2. The number of carbonyl (C=O) groups excluding carboxylic acids is 1. The summed E-state index contributed by atoms with van der Waals surface area (Å²) in [4.78, 5) is 14.5. The molecule has 2 aromatic heterocycles. The summed E-state index contributed by atoms with van der Waals surface area (Å²) < 4.78 is 7.10. The predicted molar refractivity (Wildman–Crippen MR) is 90.8 cm³/mol. The number of amides is 1. The van der Waals surface area contributed by atoms with Crippen LogP contribution in [-0.4, -0.2) is 45.4 Å². The molecule has 7 heteroatoms. The highest BCUT2D eigenvalue weighted by Gasteiger charge is 2.25. The first-order valence-corrected chi connectivity index (χ1v) is 8.49. The van der Waals surface area contributed by atoms with Crippen molar-refractivity contribution in [3.63, 3.8) is 0 Å². The molecule has 7 nitrogen and oxygen atoms in total. The van der Waals surface area contributed by atoms with Crippen molar-refractivity contribution in [3.8, 4) is 0 Å². The normalized spacial score (nSPS) is 18.9. The molecular weight excluding hydrogens is 306 g/mol. The largest absolute Gasteiger partial charge is 0.338 e. The van der Waals surface area contributed by atoms with Crippen LogP contribution in [-0.2, 0) is 11.8 Å². The molecule has 1 aliphatic heterocycles.